The van der Waals surface area contributed by atoms with Crippen molar-refractivity contribution in [3.8, 4) is 5.75 Å². The van der Waals surface area contributed by atoms with Crippen LogP contribution in [0.2, 0.25) is 5.02 Å². The third-order valence-corrected chi connectivity index (χ3v) is 3.90. The Kier molecular flexibility index (Phi) is 4.22. The lowest BCUT2D eigenvalue weighted by Crippen LogP contribution is -2.30. The monoisotopic (exact) mass is 333 g/mol. The van der Waals surface area contributed by atoms with Crippen LogP contribution in [-0.4, -0.2) is 20.8 Å². The molecule has 22 heavy (non-hydrogen) atoms. The Morgan fingerprint density at radius 2 is 2.00 bits per heavy atom. The fourth-order valence-electron chi connectivity index (χ4n) is 1.89. The van der Waals surface area contributed by atoms with Gasteiger partial charge in [-0.15, -0.1) is 0 Å². The van der Waals surface area contributed by atoms with Crippen molar-refractivity contribution in [2.45, 2.75) is 13.0 Å². The number of carbonyl (C=O) groups is 1. The van der Waals surface area contributed by atoms with Crippen LogP contribution in [0.3, 0.4) is 0 Å². The van der Waals surface area contributed by atoms with Gasteiger partial charge in [0.25, 0.3) is 5.91 Å². The minimum Gasteiger partial charge on any atom is -0.479 e. The summed E-state index contributed by atoms with van der Waals surface area (Å²) in [4.78, 5) is 12.2. The fraction of sp³-hybridized carbons (Fsp3) is 0.133. The normalized spacial score (nSPS) is 12.1. The van der Waals surface area contributed by atoms with Gasteiger partial charge in [0.1, 0.15) is 16.8 Å². The Balaban J connectivity index is 1.69. The summed E-state index contributed by atoms with van der Waals surface area (Å²) in [5.74, 6) is 0.216. The van der Waals surface area contributed by atoms with Gasteiger partial charge in [0.05, 0.1) is 16.8 Å². The average molecular weight is 334 g/mol. The molecule has 0 fully saturated rings. The molecule has 0 bridgehead atoms. The van der Waals surface area contributed by atoms with Crippen LogP contribution in [0.5, 0.6) is 5.75 Å². The number of para-hydroxylation sites is 1. The van der Waals surface area contributed by atoms with E-state index in [1.165, 1.54) is 0 Å². The van der Waals surface area contributed by atoms with E-state index in [0.717, 1.165) is 22.8 Å². The third-order valence-electron chi connectivity index (χ3n) is 3.03. The molecule has 0 radical (unpaired) electrons. The first-order valence-corrected chi connectivity index (χ1v) is 7.68. The van der Waals surface area contributed by atoms with Gasteiger partial charge in [-0.2, -0.15) is 8.75 Å². The molecule has 2 aromatic carbocycles. The van der Waals surface area contributed by atoms with E-state index in [-0.39, 0.29) is 5.91 Å². The lowest BCUT2D eigenvalue weighted by molar-refractivity contribution is -0.122. The highest BCUT2D eigenvalue weighted by atomic mass is 35.5. The van der Waals surface area contributed by atoms with Crippen LogP contribution in [0.1, 0.15) is 6.92 Å². The smallest absolute Gasteiger partial charge is 0.265 e. The predicted molar refractivity (Wildman–Crippen MR) is 87.6 cm³/mol. The number of carbonyl (C=O) groups excluding carboxylic acids is 1. The van der Waals surface area contributed by atoms with E-state index in [1.807, 2.05) is 6.07 Å². The van der Waals surface area contributed by atoms with Gasteiger partial charge in [0.15, 0.2) is 6.10 Å². The number of ether oxygens (including phenoxy) is 1. The maximum atomic E-state index is 12.2. The zero-order valence-corrected chi connectivity index (χ0v) is 13.2. The highest BCUT2D eigenvalue weighted by Crippen LogP contribution is 2.24. The van der Waals surface area contributed by atoms with Crippen molar-refractivity contribution in [3.63, 3.8) is 0 Å². The Morgan fingerprint density at radius 3 is 2.82 bits per heavy atom. The van der Waals surface area contributed by atoms with Crippen LogP contribution < -0.4 is 10.1 Å². The van der Waals surface area contributed by atoms with Crippen LogP contribution in [-0.2, 0) is 4.79 Å². The largest absolute Gasteiger partial charge is 0.479 e. The Bertz CT molecular complexity index is 821. The van der Waals surface area contributed by atoms with Crippen molar-refractivity contribution < 1.29 is 9.53 Å². The Hall–Kier alpha value is -2.18. The average Bonchev–Trinajstić information content (AvgIpc) is 2.97. The van der Waals surface area contributed by atoms with Crippen molar-refractivity contribution >= 4 is 46.0 Å². The van der Waals surface area contributed by atoms with Crippen molar-refractivity contribution in [3.05, 3.63) is 47.5 Å². The van der Waals surface area contributed by atoms with Gasteiger partial charge in [0, 0.05) is 5.69 Å². The van der Waals surface area contributed by atoms with Gasteiger partial charge in [0.2, 0.25) is 0 Å². The first-order valence-electron chi connectivity index (χ1n) is 6.58. The number of amides is 1. The van der Waals surface area contributed by atoms with Crippen molar-refractivity contribution in [1.82, 2.24) is 8.75 Å². The topological polar surface area (TPSA) is 64.1 Å². The van der Waals surface area contributed by atoms with Crippen LogP contribution in [0.15, 0.2) is 42.5 Å². The second-order valence-electron chi connectivity index (χ2n) is 4.65. The lowest BCUT2D eigenvalue weighted by atomic mass is 10.2. The summed E-state index contributed by atoms with van der Waals surface area (Å²) in [5, 5.41) is 3.26. The highest BCUT2D eigenvalue weighted by molar-refractivity contribution is 7.00. The number of fused-ring (bicyclic) bond motifs is 1. The summed E-state index contributed by atoms with van der Waals surface area (Å²) < 4.78 is 13.8. The molecule has 0 spiro atoms. The number of hydrogen-bond acceptors (Lipinski definition) is 5. The highest BCUT2D eigenvalue weighted by Gasteiger charge is 2.16. The summed E-state index contributed by atoms with van der Waals surface area (Å²) in [6, 6.07) is 12.4. The maximum absolute atomic E-state index is 12.2. The van der Waals surface area contributed by atoms with Crippen LogP contribution >= 0.6 is 23.3 Å². The molecule has 5 nitrogen and oxygen atoms in total. The van der Waals surface area contributed by atoms with Gasteiger partial charge in [-0.25, -0.2) is 0 Å². The van der Waals surface area contributed by atoms with E-state index in [0.29, 0.717) is 16.5 Å². The van der Waals surface area contributed by atoms with Gasteiger partial charge in [-0.05, 0) is 37.3 Å². The van der Waals surface area contributed by atoms with E-state index >= 15 is 0 Å². The molecular formula is C15H12ClN3O2S. The number of benzene rings is 2. The molecule has 1 amide bonds. The minimum atomic E-state index is -0.677. The number of aromatic nitrogens is 2. The molecule has 3 aromatic rings. The summed E-state index contributed by atoms with van der Waals surface area (Å²) in [5.41, 5.74) is 2.21. The number of hydrogen-bond donors (Lipinski definition) is 1. The van der Waals surface area contributed by atoms with E-state index in [9.17, 15) is 4.79 Å². The first-order chi connectivity index (χ1) is 10.6. The zero-order valence-electron chi connectivity index (χ0n) is 11.6. The molecule has 1 N–H and O–H groups in total. The summed E-state index contributed by atoms with van der Waals surface area (Å²) in [6.07, 6.45) is -0.677. The van der Waals surface area contributed by atoms with Gasteiger partial charge in [-0.3, -0.25) is 4.79 Å². The van der Waals surface area contributed by atoms with E-state index < -0.39 is 6.10 Å². The van der Waals surface area contributed by atoms with E-state index in [2.05, 4.69) is 14.1 Å². The molecule has 0 aliphatic rings. The SMILES string of the molecule is C[C@@H](Oc1ccccc1Cl)C(=O)Nc1ccc2nsnc2c1. The molecule has 7 heteroatoms. The lowest BCUT2D eigenvalue weighted by Gasteiger charge is -2.15. The molecule has 0 unspecified atom stereocenters. The molecule has 112 valence electrons. The Morgan fingerprint density at radius 1 is 1.23 bits per heavy atom. The number of anilines is 1. The molecule has 0 saturated heterocycles. The van der Waals surface area contributed by atoms with Gasteiger partial charge in [-0.1, -0.05) is 23.7 Å². The van der Waals surface area contributed by atoms with Gasteiger partial charge < -0.3 is 10.1 Å². The van der Waals surface area contributed by atoms with Crippen LogP contribution in [0.25, 0.3) is 11.0 Å². The molecule has 3 rings (SSSR count). The maximum Gasteiger partial charge on any atom is 0.265 e. The molecule has 1 aromatic heterocycles. The molecule has 0 aliphatic carbocycles. The molecule has 0 aliphatic heterocycles. The Labute approximate surface area is 136 Å². The first kappa shape index (κ1) is 14.7. The van der Waals surface area contributed by atoms with Gasteiger partial charge >= 0.3 is 0 Å². The summed E-state index contributed by atoms with van der Waals surface area (Å²) >= 11 is 7.15. The fourth-order valence-corrected chi connectivity index (χ4v) is 2.59. The second-order valence-corrected chi connectivity index (χ2v) is 5.58. The number of halogens is 1. The standard InChI is InChI=1S/C15H12ClN3O2S/c1-9(21-14-5-3-2-4-11(14)16)15(20)17-10-6-7-12-13(8-10)19-22-18-12/h2-9H,1H3,(H,17,20)/t9-/m1/s1. The van der Waals surface area contributed by atoms with E-state index in [1.54, 1.807) is 43.3 Å². The number of nitrogens with zero attached hydrogens (tertiary/aromatic N) is 2. The van der Waals surface area contributed by atoms with Crippen LogP contribution in [0, 0.1) is 0 Å². The van der Waals surface area contributed by atoms with Crippen molar-refractivity contribution in [2.24, 2.45) is 0 Å². The zero-order chi connectivity index (χ0) is 15.5. The second kappa shape index (κ2) is 6.29. The molecule has 1 atom stereocenters. The molecule has 1 heterocycles. The van der Waals surface area contributed by atoms with Crippen molar-refractivity contribution in [1.29, 1.82) is 0 Å². The quantitative estimate of drug-likeness (QED) is 0.789. The summed E-state index contributed by atoms with van der Waals surface area (Å²) in [6.45, 7) is 1.67. The third kappa shape index (κ3) is 3.18. The number of rotatable bonds is 4. The molecular weight excluding hydrogens is 322 g/mol. The minimum absolute atomic E-state index is 0.262. The molecule has 0 saturated carbocycles. The predicted octanol–water partition coefficient (Wildman–Crippen LogP) is 3.75. The van der Waals surface area contributed by atoms with Crippen molar-refractivity contribution in [2.75, 3.05) is 5.32 Å². The van der Waals surface area contributed by atoms with E-state index in [4.69, 9.17) is 16.3 Å². The van der Waals surface area contributed by atoms with Crippen LogP contribution in [0.4, 0.5) is 5.69 Å². The summed E-state index contributed by atoms with van der Waals surface area (Å²) in [7, 11) is 0. The number of nitrogens with one attached hydrogen (secondary N) is 1.